The van der Waals surface area contributed by atoms with E-state index in [0.29, 0.717) is 24.3 Å². The second kappa shape index (κ2) is 7.22. The van der Waals surface area contributed by atoms with Crippen molar-refractivity contribution >= 4 is 5.97 Å². The number of hydrogen-bond donors (Lipinski definition) is 1. The van der Waals surface area contributed by atoms with Crippen LogP contribution in [0.15, 0.2) is 72.0 Å². The number of carbonyl (C=O) groups is 1. The number of aliphatic hydroxyl groups excluding tert-OH is 1. The van der Waals surface area contributed by atoms with Crippen LogP contribution in [-0.2, 0) is 16.0 Å². The van der Waals surface area contributed by atoms with Gasteiger partial charge < -0.3 is 9.84 Å². The molecule has 140 valence electrons. The van der Waals surface area contributed by atoms with Gasteiger partial charge in [0.1, 0.15) is 5.76 Å². The highest BCUT2D eigenvalue weighted by molar-refractivity contribution is 5.94. The molecule has 0 saturated heterocycles. The molecule has 2 aliphatic rings. The molecule has 1 aliphatic heterocycles. The molecule has 0 aromatic heterocycles. The van der Waals surface area contributed by atoms with E-state index < -0.39 is 5.60 Å². The van der Waals surface area contributed by atoms with Crippen LogP contribution in [0.1, 0.15) is 49.7 Å². The Morgan fingerprint density at radius 2 is 1.70 bits per heavy atom. The molecule has 0 bridgehead atoms. The molecule has 0 spiro atoms. The molecule has 4 rings (SSSR count). The fourth-order valence-electron chi connectivity index (χ4n) is 4.37. The van der Waals surface area contributed by atoms with Gasteiger partial charge in [0.15, 0.2) is 5.60 Å². The van der Waals surface area contributed by atoms with Gasteiger partial charge in [-0.3, -0.25) is 0 Å². The first kappa shape index (κ1) is 17.8. The smallest absolute Gasteiger partial charge is 0.339 e. The first-order chi connectivity index (χ1) is 13.1. The summed E-state index contributed by atoms with van der Waals surface area (Å²) in [5.41, 5.74) is 1.69. The van der Waals surface area contributed by atoms with Gasteiger partial charge in [0.2, 0.25) is 0 Å². The van der Waals surface area contributed by atoms with Crippen molar-refractivity contribution in [2.75, 3.05) is 0 Å². The number of ether oxygens (including phenoxy) is 1. The normalized spacial score (nSPS) is 23.4. The van der Waals surface area contributed by atoms with Gasteiger partial charge >= 0.3 is 5.97 Å². The second-order valence-corrected chi connectivity index (χ2v) is 7.78. The fraction of sp³-hybridized carbons (Fsp3) is 0.375. The Bertz CT molecular complexity index is 836. The number of hydrogen-bond acceptors (Lipinski definition) is 3. The van der Waals surface area contributed by atoms with Gasteiger partial charge in [0.05, 0.1) is 5.57 Å². The van der Waals surface area contributed by atoms with Gasteiger partial charge in [-0.2, -0.15) is 0 Å². The maximum absolute atomic E-state index is 13.0. The van der Waals surface area contributed by atoms with Crippen LogP contribution in [0.5, 0.6) is 0 Å². The summed E-state index contributed by atoms with van der Waals surface area (Å²) in [7, 11) is 0. The van der Waals surface area contributed by atoms with Crippen LogP contribution in [0.4, 0.5) is 0 Å². The standard InChI is InChI=1S/C24H26O3/c1-2-15-24(16-17-9-5-3-6-10-17)22(25)21(23(26)27-24)20(19-13-14-19)18-11-7-4-8-12-18/h3-12,19-20,25H,2,13-16H2,1H3. The molecule has 1 N–H and O–H groups in total. The van der Waals surface area contributed by atoms with Crippen molar-refractivity contribution < 1.29 is 14.6 Å². The summed E-state index contributed by atoms with van der Waals surface area (Å²) in [5, 5.41) is 11.3. The van der Waals surface area contributed by atoms with Gasteiger partial charge in [-0.25, -0.2) is 4.79 Å². The Hall–Kier alpha value is -2.55. The summed E-state index contributed by atoms with van der Waals surface area (Å²) in [6, 6.07) is 20.0. The molecule has 0 amide bonds. The maximum atomic E-state index is 13.0. The molecule has 1 fully saturated rings. The van der Waals surface area contributed by atoms with E-state index in [9.17, 15) is 9.90 Å². The zero-order chi connectivity index (χ0) is 18.9. The average molecular weight is 362 g/mol. The molecule has 1 aliphatic carbocycles. The van der Waals surface area contributed by atoms with Crippen molar-refractivity contribution in [3.05, 3.63) is 83.1 Å². The summed E-state index contributed by atoms with van der Waals surface area (Å²) in [6.45, 7) is 2.06. The molecular formula is C24H26O3. The molecule has 2 aromatic carbocycles. The average Bonchev–Trinajstić information content (AvgIpc) is 3.48. The van der Waals surface area contributed by atoms with Gasteiger partial charge in [-0.1, -0.05) is 74.0 Å². The highest BCUT2D eigenvalue weighted by atomic mass is 16.6. The SMILES string of the molecule is CCCC1(Cc2ccccc2)OC(=O)C(C(c2ccccc2)C2CC2)=C1O. The third-order valence-electron chi connectivity index (χ3n) is 5.74. The zero-order valence-electron chi connectivity index (χ0n) is 15.7. The Kier molecular flexibility index (Phi) is 4.77. The Balaban J connectivity index is 1.76. The van der Waals surface area contributed by atoms with Crippen molar-refractivity contribution in [1.82, 2.24) is 0 Å². The fourth-order valence-corrected chi connectivity index (χ4v) is 4.37. The predicted molar refractivity (Wildman–Crippen MR) is 105 cm³/mol. The lowest BCUT2D eigenvalue weighted by Crippen LogP contribution is -2.34. The summed E-state index contributed by atoms with van der Waals surface area (Å²) in [5.74, 6) is 0.135. The van der Waals surface area contributed by atoms with Crippen LogP contribution in [0.2, 0.25) is 0 Å². The highest BCUT2D eigenvalue weighted by Gasteiger charge is 2.52. The summed E-state index contributed by atoms with van der Waals surface area (Å²) >= 11 is 0. The number of esters is 1. The van der Waals surface area contributed by atoms with Crippen LogP contribution < -0.4 is 0 Å². The molecule has 0 radical (unpaired) electrons. The summed E-state index contributed by atoms with van der Waals surface area (Å²) in [6.07, 6.45) is 4.13. The van der Waals surface area contributed by atoms with Gasteiger partial charge in [0.25, 0.3) is 0 Å². The van der Waals surface area contributed by atoms with Crippen molar-refractivity contribution in [2.45, 2.75) is 50.5 Å². The van der Waals surface area contributed by atoms with E-state index in [0.717, 1.165) is 30.4 Å². The molecule has 1 heterocycles. The van der Waals surface area contributed by atoms with Crippen LogP contribution in [0, 0.1) is 5.92 Å². The quantitative estimate of drug-likeness (QED) is 0.677. The molecule has 2 atom stereocenters. The first-order valence-electron chi connectivity index (χ1n) is 9.90. The van der Waals surface area contributed by atoms with E-state index in [1.165, 1.54) is 0 Å². The molecule has 3 nitrogen and oxygen atoms in total. The van der Waals surface area contributed by atoms with Gasteiger partial charge in [-0.15, -0.1) is 0 Å². The van der Waals surface area contributed by atoms with Gasteiger partial charge in [0, 0.05) is 12.3 Å². The van der Waals surface area contributed by atoms with Crippen LogP contribution in [0.3, 0.4) is 0 Å². The molecule has 2 aromatic rings. The van der Waals surface area contributed by atoms with E-state index in [1.54, 1.807) is 0 Å². The van der Waals surface area contributed by atoms with Crippen molar-refractivity contribution in [3.63, 3.8) is 0 Å². The van der Waals surface area contributed by atoms with Crippen molar-refractivity contribution in [3.8, 4) is 0 Å². The predicted octanol–water partition coefficient (Wildman–Crippen LogP) is 5.33. The van der Waals surface area contributed by atoms with E-state index in [1.807, 2.05) is 60.7 Å². The molecule has 27 heavy (non-hydrogen) atoms. The molecule has 2 unspecified atom stereocenters. The number of rotatable bonds is 7. The number of aliphatic hydroxyl groups is 1. The van der Waals surface area contributed by atoms with E-state index in [2.05, 4.69) is 6.92 Å². The number of cyclic esters (lactones) is 1. The highest BCUT2D eigenvalue weighted by Crippen LogP contribution is 2.51. The molecule has 1 saturated carbocycles. The second-order valence-electron chi connectivity index (χ2n) is 7.78. The van der Waals surface area contributed by atoms with E-state index in [-0.39, 0.29) is 17.6 Å². The van der Waals surface area contributed by atoms with Crippen LogP contribution in [-0.4, -0.2) is 16.7 Å². The van der Waals surface area contributed by atoms with Crippen LogP contribution >= 0.6 is 0 Å². The van der Waals surface area contributed by atoms with E-state index in [4.69, 9.17) is 4.74 Å². The lowest BCUT2D eigenvalue weighted by atomic mass is 9.82. The van der Waals surface area contributed by atoms with Crippen molar-refractivity contribution in [2.24, 2.45) is 5.92 Å². The maximum Gasteiger partial charge on any atom is 0.339 e. The summed E-state index contributed by atoms with van der Waals surface area (Å²) < 4.78 is 5.94. The Labute approximate surface area is 160 Å². The van der Waals surface area contributed by atoms with E-state index >= 15 is 0 Å². The largest absolute Gasteiger partial charge is 0.507 e. The third-order valence-corrected chi connectivity index (χ3v) is 5.74. The lowest BCUT2D eigenvalue weighted by Gasteiger charge is -2.28. The molecule has 3 heteroatoms. The lowest BCUT2D eigenvalue weighted by molar-refractivity contribution is -0.149. The summed E-state index contributed by atoms with van der Waals surface area (Å²) in [4.78, 5) is 13.0. The number of benzene rings is 2. The minimum Gasteiger partial charge on any atom is -0.507 e. The first-order valence-corrected chi connectivity index (χ1v) is 9.90. The minimum absolute atomic E-state index is 0.0757. The van der Waals surface area contributed by atoms with Gasteiger partial charge in [-0.05, 0) is 36.3 Å². The number of carbonyl (C=O) groups excluding carboxylic acids is 1. The monoisotopic (exact) mass is 362 g/mol. The van der Waals surface area contributed by atoms with Crippen LogP contribution in [0.25, 0.3) is 0 Å². The molecular weight excluding hydrogens is 336 g/mol. The topological polar surface area (TPSA) is 46.5 Å². The zero-order valence-corrected chi connectivity index (χ0v) is 15.7. The Morgan fingerprint density at radius 1 is 1.07 bits per heavy atom. The third kappa shape index (κ3) is 3.39. The Morgan fingerprint density at radius 3 is 2.30 bits per heavy atom. The minimum atomic E-state index is -0.940. The van der Waals surface area contributed by atoms with Crippen molar-refractivity contribution in [1.29, 1.82) is 0 Å².